The largest absolute Gasteiger partial charge is 0.496 e. The Kier molecular flexibility index (Phi) is 4.17. The molecule has 0 aliphatic heterocycles. The molecule has 2 heterocycles. The van der Waals surface area contributed by atoms with Crippen LogP contribution in [0.2, 0.25) is 0 Å². The molecule has 112 valence electrons. The number of hydrogen-bond donors (Lipinski definition) is 1. The van der Waals surface area contributed by atoms with Gasteiger partial charge in [-0.25, -0.2) is 5.10 Å². The summed E-state index contributed by atoms with van der Waals surface area (Å²) in [4.78, 5) is 1.09. The molecule has 1 N–H and O–H groups in total. The van der Waals surface area contributed by atoms with Crippen LogP contribution in [0.3, 0.4) is 0 Å². The van der Waals surface area contributed by atoms with Gasteiger partial charge in [0.1, 0.15) is 5.75 Å². The Hall–Kier alpha value is -2.25. The van der Waals surface area contributed by atoms with Crippen molar-refractivity contribution in [3.63, 3.8) is 0 Å². The molecule has 0 aliphatic carbocycles. The number of hydrogen-bond acceptors (Lipinski definition) is 5. The van der Waals surface area contributed by atoms with Crippen molar-refractivity contribution in [1.82, 2.24) is 14.9 Å². The van der Waals surface area contributed by atoms with Crippen molar-refractivity contribution in [2.75, 3.05) is 7.11 Å². The Bertz CT molecular complexity index is 876. The minimum Gasteiger partial charge on any atom is -0.496 e. The zero-order chi connectivity index (χ0) is 15.5. The number of benzene rings is 1. The van der Waals surface area contributed by atoms with Crippen molar-refractivity contribution in [1.29, 1.82) is 0 Å². The fourth-order valence-corrected chi connectivity index (χ4v) is 2.99. The number of aryl methyl sites for hydroxylation is 1. The van der Waals surface area contributed by atoms with E-state index in [1.54, 1.807) is 29.3 Å². The monoisotopic (exact) mass is 330 g/mol. The normalized spacial score (nSPS) is 11.2. The van der Waals surface area contributed by atoms with Gasteiger partial charge in [-0.05, 0) is 48.3 Å². The summed E-state index contributed by atoms with van der Waals surface area (Å²) >= 11 is 6.91. The second-order valence-electron chi connectivity index (χ2n) is 4.58. The number of nitrogens with zero attached hydrogens (tertiary/aromatic N) is 3. The van der Waals surface area contributed by atoms with E-state index in [-0.39, 0.29) is 0 Å². The maximum atomic E-state index is 5.38. The molecule has 1 aromatic carbocycles. The molecule has 22 heavy (non-hydrogen) atoms. The molecule has 0 aliphatic rings. The number of methoxy groups -OCH3 is 1. The molecular weight excluding hydrogens is 316 g/mol. The van der Waals surface area contributed by atoms with E-state index in [1.807, 2.05) is 36.6 Å². The summed E-state index contributed by atoms with van der Waals surface area (Å²) in [6.07, 6.45) is 1.80. The van der Waals surface area contributed by atoms with Gasteiger partial charge in [-0.2, -0.15) is 14.9 Å². The van der Waals surface area contributed by atoms with Gasteiger partial charge in [-0.3, -0.25) is 0 Å². The fraction of sp³-hybridized carbons (Fsp3) is 0.133. The zero-order valence-electron chi connectivity index (χ0n) is 12.1. The number of aromatic nitrogens is 3. The highest BCUT2D eigenvalue weighted by Gasteiger charge is 2.12. The van der Waals surface area contributed by atoms with Crippen LogP contribution in [0.1, 0.15) is 10.4 Å². The zero-order valence-corrected chi connectivity index (χ0v) is 13.7. The van der Waals surface area contributed by atoms with Gasteiger partial charge < -0.3 is 4.74 Å². The highest BCUT2D eigenvalue weighted by molar-refractivity contribution is 7.71. The van der Waals surface area contributed by atoms with Gasteiger partial charge >= 0.3 is 0 Å². The van der Waals surface area contributed by atoms with Gasteiger partial charge in [-0.1, -0.05) is 12.1 Å². The van der Waals surface area contributed by atoms with Gasteiger partial charge in [0, 0.05) is 0 Å². The first-order chi connectivity index (χ1) is 10.7. The number of H-pyrrole nitrogens is 1. The molecule has 0 saturated carbocycles. The van der Waals surface area contributed by atoms with Gasteiger partial charge in [0.2, 0.25) is 4.77 Å². The fourth-order valence-electron chi connectivity index (χ4n) is 2.03. The summed E-state index contributed by atoms with van der Waals surface area (Å²) in [5.74, 6) is 1.34. The molecule has 0 bridgehead atoms. The van der Waals surface area contributed by atoms with Crippen LogP contribution >= 0.6 is 23.6 Å². The van der Waals surface area contributed by atoms with E-state index < -0.39 is 0 Å². The van der Waals surface area contributed by atoms with Crippen molar-refractivity contribution < 1.29 is 4.74 Å². The van der Waals surface area contributed by atoms with Crippen LogP contribution in [0.4, 0.5) is 0 Å². The van der Waals surface area contributed by atoms with Crippen LogP contribution in [-0.2, 0) is 0 Å². The summed E-state index contributed by atoms with van der Waals surface area (Å²) in [5, 5.41) is 13.6. The van der Waals surface area contributed by atoms with E-state index in [1.165, 1.54) is 5.56 Å². The van der Waals surface area contributed by atoms with E-state index in [0.29, 0.717) is 10.6 Å². The lowest BCUT2D eigenvalue weighted by molar-refractivity contribution is 0.416. The van der Waals surface area contributed by atoms with Crippen molar-refractivity contribution in [2.24, 2.45) is 5.10 Å². The van der Waals surface area contributed by atoms with Gasteiger partial charge in [0.05, 0.1) is 23.8 Å². The number of aromatic amines is 1. The first-order valence-electron chi connectivity index (χ1n) is 6.60. The minimum atomic E-state index is 0.436. The van der Waals surface area contributed by atoms with Crippen LogP contribution in [0.25, 0.3) is 11.4 Å². The smallest absolute Gasteiger partial charge is 0.216 e. The van der Waals surface area contributed by atoms with Crippen molar-refractivity contribution in [3.8, 4) is 17.1 Å². The Labute approximate surface area is 136 Å². The molecule has 5 nitrogen and oxygen atoms in total. The third kappa shape index (κ3) is 2.72. The molecular formula is C15H14N4OS2. The standard InChI is InChI=1S/C15H14N4OS2/c1-10-7-8-22-13(10)9-16-19-14(17-18-15(19)21)11-5-3-4-6-12(11)20-2/h3-9H,1-2H3,(H,18,21)/b16-9+. The first-order valence-corrected chi connectivity index (χ1v) is 7.88. The lowest BCUT2D eigenvalue weighted by Gasteiger charge is -2.06. The Morgan fingerprint density at radius 3 is 2.91 bits per heavy atom. The Balaban J connectivity index is 2.07. The van der Waals surface area contributed by atoms with Crippen molar-refractivity contribution in [3.05, 3.63) is 50.9 Å². The Morgan fingerprint density at radius 2 is 2.18 bits per heavy atom. The summed E-state index contributed by atoms with van der Waals surface area (Å²) in [6.45, 7) is 2.05. The third-order valence-corrected chi connectivity index (χ3v) is 4.41. The van der Waals surface area contributed by atoms with E-state index in [4.69, 9.17) is 17.0 Å². The number of para-hydroxylation sites is 1. The van der Waals surface area contributed by atoms with E-state index >= 15 is 0 Å². The lowest BCUT2D eigenvalue weighted by Crippen LogP contribution is -1.97. The molecule has 0 fully saturated rings. The lowest BCUT2D eigenvalue weighted by atomic mass is 10.2. The molecule has 2 aromatic heterocycles. The predicted octanol–water partition coefficient (Wildman–Crippen LogP) is 3.87. The number of thiophene rings is 1. The van der Waals surface area contributed by atoms with Crippen LogP contribution in [0.15, 0.2) is 40.8 Å². The summed E-state index contributed by atoms with van der Waals surface area (Å²) < 4.78 is 7.42. The third-order valence-electron chi connectivity index (χ3n) is 3.19. The predicted molar refractivity (Wildman–Crippen MR) is 91.4 cm³/mol. The molecule has 0 spiro atoms. The molecule has 0 radical (unpaired) electrons. The highest BCUT2D eigenvalue weighted by atomic mass is 32.1. The summed E-state index contributed by atoms with van der Waals surface area (Å²) in [7, 11) is 1.63. The SMILES string of the molecule is COc1ccccc1-c1n[nH]c(=S)n1/N=C/c1sccc1C. The highest BCUT2D eigenvalue weighted by Crippen LogP contribution is 2.28. The first kappa shape index (κ1) is 14.7. The number of nitrogens with one attached hydrogen (secondary N) is 1. The van der Waals surface area contributed by atoms with E-state index in [0.717, 1.165) is 16.2 Å². The topological polar surface area (TPSA) is 55.2 Å². The van der Waals surface area contributed by atoms with Crippen LogP contribution in [-0.4, -0.2) is 28.2 Å². The van der Waals surface area contributed by atoms with Gasteiger partial charge in [-0.15, -0.1) is 11.3 Å². The second kappa shape index (κ2) is 6.25. The van der Waals surface area contributed by atoms with Crippen LogP contribution in [0.5, 0.6) is 5.75 Å². The molecule has 3 rings (SSSR count). The summed E-state index contributed by atoms with van der Waals surface area (Å²) in [6, 6.07) is 9.69. The maximum absolute atomic E-state index is 5.38. The van der Waals surface area contributed by atoms with E-state index in [2.05, 4.69) is 21.4 Å². The Morgan fingerprint density at radius 1 is 1.36 bits per heavy atom. The van der Waals surface area contributed by atoms with Crippen molar-refractivity contribution in [2.45, 2.75) is 6.92 Å². The second-order valence-corrected chi connectivity index (χ2v) is 5.91. The van der Waals surface area contributed by atoms with Crippen LogP contribution < -0.4 is 4.74 Å². The van der Waals surface area contributed by atoms with Crippen molar-refractivity contribution >= 4 is 29.8 Å². The van der Waals surface area contributed by atoms with Gasteiger partial charge in [0.25, 0.3) is 0 Å². The van der Waals surface area contributed by atoms with Gasteiger partial charge in [0.15, 0.2) is 5.82 Å². The maximum Gasteiger partial charge on any atom is 0.216 e. The number of rotatable bonds is 4. The molecule has 3 aromatic rings. The number of ether oxygens (including phenoxy) is 1. The minimum absolute atomic E-state index is 0.436. The molecule has 0 unspecified atom stereocenters. The average Bonchev–Trinajstić information content (AvgIpc) is 3.11. The molecule has 0 amide bonds. The quantitative estimate of drug-likeness (QED) is 0.583. The average molecular weight is 330 g/mol. The molecule has 7 heteroatoms. The van der Waals surface area contributed by atoms with E-state index in [9.17, 15) is 0 Å². The molecule has 0 atom stereocenters. The van der Waals surface area contributed by atoms with Crippen LogP contribution in [0, 0.1) is 11.7 Å². The molecule has 0 saturated heterocycles. The summed E-state index contributed by atoms with van der Waals surface area (Å²) in [5.41, 5.74) is 2.01.